The zero-order valence-corrected chi connectivity index (χ0v) is 10.9. The normalized spacial score (nSPS) is 12.8. The van der Waals surface area contributed by atoms with E-state index in [0.717, 1.165) is 12.5 Å². The Morgan fingerprint density at radius 2 is 1.73 bits per heavy atom. The predicted octanol–water partition coefficient (Wildman–Crippen LogP) is 1.58. The summed E-state index contributed by atoms with van der Waals surface area (Å²) >= 11 is 0. The van der Waals surface area contributed by atoms with Gasteiger partial charge in [-0.15, -0.1) is 0 Å². The third-order valence-corrected chi connectivity index (χ3v) is 1.97. The fraction of sp³-hybridized carbons (Fsp3) is 0.909. The molecule has 0 aliphatic heterocycles. The van der Waals surface area contributed by atoms with Crippen LogP contribution in [0.4, 0.5) is 0 Å². The van der Waals surface area contributed by atoms with Gasteiger partial charge in [-0.1, -0.05) is 13.8 Å². The lowest BCUT2D eigenvalue weighted by Crippen LogP contribution is -2.49. The van der Waals surface area contributed by atoms with E-state index in [9.17, 15) is 0 Å². The summed E-state index contributed by atoms with van der Waals surface area (Å²) < 4.78 is 0. The first kappa shape index (κ1) is 14.2. The van der Waals surface area contributed by atoms with Crippen molar-refractivity contribution in [2.75, 3.05) is 6.54 Å². The number of nitrogens with two attached hydrogens (primary N) is 1. The maximum Gasteiger partial charge on any atom is 0.208 e. The molecule has 0 bridgehead atoms. The highest BCUT2D eigenvalue weighted by atomic mass is 15.4. The second-order valence-electron chi connectivity index (χ2n) is 4.83. The number of nitrogens with one attached hydrogen (secondary N) is 1. The van der Waals surface area contributed by atoms with Crippen molar-refractivity contribution in [3.8, 4) is 0 Å². The molecule has 0 saturated heterocycles. The molecule has 3 N–H and O–H groups in total. The summed E-state index contributed by atoms with van der Waals surface area (Å²) in [7, 11) is 0. The molecular formula is C11H26N4. The van der Waals surface area contributed by atoms with Crippen molar-refractivity contribution in [2.45, 2.75) is 53.6 Å². The van der Waals surface area contributed by atoms with Crippen LogP contribution in [0.15, 0.2) is 4.99 Å². The molecule has 0 fully saturated rings. The Bertz CT molecular complexity index is 197. The lowest BCUT2D eigenvalue weighted by atomic mass is 10.2. The summed E-state index contributed by atoms with van der Waals surface area (Å²) in [4.78, 5) is 6.68. The second kappa shape index (κ2) is 6.67. The highest BCUT2D eigenvalue weighted by Crippen LogP contribution is 2.05. The van der Waals surface area contributed by atoms with Crippen LogP contribution in [0.2, 0.25) is 0 Å². The molecule has 0 heterocycles. The Hall–Kier alpha value is -0.770. The molecule has 0 atom stereocenters. The number of aliphatic imine (C=N–C) groups is 1. The van der Waals surface area contributed by atoms with E-state index in [1.165, 1.54) is 0 Å². The van der Waals surface area contributed by atoms with Gasteiger partial charge in [0.25, 0.3) is 0 Å². The monoisotopic (exact) mass is 214 g/mol. The van der Waals surface area contributed by atoms with Gasteiger partial charge in [-0.2, -0.15) is 0 Å². The van der Waals surface area contributed by atoms with Crippen LogP contribution >= 0.6 is 0 Å². The SMILES string of the molecule is CC(C)CN(C(=NC(C)C)NN)C(C)C. The number of guanidine groups is 1. The van der Waals surface area contributed by atoms with Crippen LogP contribution in [0, 0.1) is 5.92 Å². The average molecular weight is 214 g/mol. The predicted molar refractivity (Wildman–Crippen MR) is 66.6 cm³/mol. The van der Waals surface area contributed by atoms with Crippen molar-refractivity contribution in [1.82, 2.24) is 10.3 Å². The first-order chi connectivity index (χ1) is 6.88. The number of hydrazine groups is 1. The molecule has 0 aromatic heterocycles. The van der Waals surface area contributed by atoms with Crippen molar-refractivity contribution in [1.29, 1.82) is 0 Å². The van der Waals surface area contributed by atoms with Crippen molar-refractivity contribution >= 4 is 5.96 Å². The smallest absolute Gasteiger partial charge is 0.208 e. The third-order valence-electron chi connectivity index (χ3n) is 1.97. The molecule has 0 unspecified atom stereocenters. The number of rotatable bonds is 4. The largest absolute Gasteiger partial charge is 0.339 e. The minimum absolute atomic E-state index is 0.254. The Morgan fingerprint density at radius 3 is 2.00 bits per heavy atom. The summed E-state index contributed by atoms with van der Waals surface area (Å²) in [5.74, 6) is 6.89. The van der Waals surface area contributed by atoms with Crippen LogP contribution < -0.4 is 11.3 Å². The molecule has 0 rings (SSSR count). The molecule has 0 spiro atoms. The van der Waals surface area contributed by atoms with E-state index in [-0.39, 0.29) is 6.04 Å². The van der Waals surface area contributed by atoms with E-state index in [4.69, 9.17) is 5.84 Å². The molecular weight excluding hydrogens is 188 g/mol. The van der Waals surface area contributed by atoms with E-state index in [0.29, 0.717) is 12.0 Å². The summed E-state index contributed by atoms with van der Waals surface area (Å²) in [5.41, 5.74) is 2.70. The van der Waals surface area contributed by atoms with E-state index < -0.39 is 0 Å². The maximum absolute atomic E-state index is 5.51. The Kier molecular flexibility index (Phi) is 6.32. The lowest BCUT2D eigenvalue weighted by molar-refractivity contribution is 0.300. The van der Waals surface area contributed by atoms with Crippen molar-refractivity contribution in [2.24, 2.45) is 16.8 Å². The molecule has 90 valence electrons. The van der Waals surface area contributed by atoms with Gasteiger partial charge in [0.2, 0.25) is 5.96 Å². The van der Waals surface area contributed by atoms with Gasteiger partial charge in [-0.25, -0.2) is 10.8 Å². The lowest BCUT2D eigenvalue weighted by Gasteiger charge is -2.31. The van der Waals surface area contributed by atoms with Crippen LogP contribution in [0.3, 0.4) is 0 Å². The van der Waals surface area contributed by atoms with Crippen LogP contribution in [0.5, 0.6) is 0 Å². The zero-order valence-electron chi connectivity index (χ0n) is 10.9. The highest BCUT2D eigenvalue weighted by Gasteiger charge is 2.15. The van der Waals surface area contributed by atoms with Crippen LogP contribution in [-0.2, 0) is 0 Å². The van der Waals surface area contributed by atoms with Gasteiger partial charge >= 0.3 is 0 Å². The minimum Gasteiger partial charge on any atom is -0.339 e. The topological polar surface area (TPSA) is 53.6 Å². The maximum atomic E-state index is 5.51. The molecule has 0 aliphatic rings. The van der Waals surface area contributed by atoms with Crippen molar-refractivity contribution < 1.29 is 0 Å². The molecule has 0 saturated carbocycles. The number of hydrogen-bond donors (Lipinski definition) is 2. The van der Waals surface area contributed by atoms with Gasteiger partial charge in [0.05, 0.1) is 0 Å². The van der Waals surface area contributed by atoms with Crippen LogP contribution in [0.1, 0.15) is 41.5 Å². The fourth-order valence-corrected chi connectivity index (χ4v) is 1.37. The van der Waals surface area contributed by atoms with Gasteiger partial charge in [0.1, 0.15) is 0 Å². The Morgan fingerprint density at radius 1 is 1.20 bits per heavy atom. The third kappa shape index (κ3) is 5.62. The molecule has 0 amide bonds. The molecule has 4 heteroatoms. The van der Waals surface area contributed by atoms with E-state index in [1.807, 2.05) is 13.8 Å². The highest BCUT2D eigenvalue weighted by molar-refractivity contribution is 5.79. The quantitative estimate of drug-likeness (QED) is 0.323. The summed E-state index contributed by atoms with van der Waals surface area (Å²) in [6.45, 7) is 13.7. The van der Waals surface area contributed by atoms with E-state index in [2.05, 4.69) is 43.0 Å². The Labute approximate surface area is 93.9 Å². The van der Waals surface area contributed by atoms with Gasteiger partial charge in [0, 0.05) is 18.6 Å². The summed E-state index contributed by atoms with van der Waals surface area (Å²) in [6, 6.07) is 0.658. The van der Waals surface area contributed by atoms with Gasteiger partial charge in [0.15, 0.2) is 0 Å². The van der Waals surface area contributed by atoms with Gasteiger partial charge in [-0.05, 0) is 33.6 Å². The fourth-order valence-electron chi connectivity index (χ4n) is 1.37. The first-order valence-electron chi connectivity index (χ1n) is 5.69. The van der Waals surface area contributed by atoms with Crippen molar-refractivity contribution in [3.63, 3.8) is 0 Å². The van der Waals surface area contributed by atoms with E-state index in [1.54, 1.807) is 0 Å². The van der Waals surface area contributed by atoms with Crippen LogP contribution in [0.25, 0.3) is 0 Å². The molecule has 0 aromatic carbocycles. The zero-order chi connectivity index (χ0) is 12.0. The second-order valence-corrected chi connectivity index (χ2v) is 4.83. The molecule has 0 aromatic rings. The van der Waals surface area contributed by atoms with Crippen molar-refractivity contribution in [3.05, 3.63) is 0 Å². The minimum atomic E-state index is 0.254. The molecule has 0 aliphatic carbocycles. The van der Waals surface area contributed by atoms with Gasteiger partial charge in [-0.3, -0.25) is 5.43 Å². The van der Waals surface area contributed by atoms with Crippen LogP contribution in [-0.4, -0.2) is 29.5 Å². The molecule has 15 heavy (non-hydrogen) atoms. The first-order valence-corrected chi connectivity index (χ1v) is 5.69. The summed E-state index contributed by atoms with van der Waals surface area (Å²) in [6.07, 6.45) is 0. The number of hydrogen-bond acceptors (Lipinski definition) is 2. The standard InChI is InChI=1S/C11H26N4/c1-8(2)7-15(10(5)6)11(14-12)13-9(3)4/h8-10H,7,12H2,1-6H3,(H,13,14). The average Bonchev–Trinajstić information content (AvgIpc) is 2.09. The van der Waals surface area contributed by atoms with Gasteiger partial charge < -0.3 is 4.90 Å². The molecule has 4 nitrogen and oxygen atoms in total. The summed E-state index contributed by atoms with van der Waals surface area (Å²) in [5, 5.41) is 0. The molecule has 0 radical (unpaired) electrons. The number of nitrogens with zero attached hydrogens (tertiary/aromatic N) is 2. The Balaban J connectivity index is 4.70. The van der Waals surface area contributed by atoms with E-state index >= 15 is 0 Å².